The molecule has 0 atom stereocenters. The molecular formula is C9H14N4S. The molecule has 4 nitrogen and oxygen atoms in total. The van der Waals surface area contributed by atoms with E-state index in [1.807, 2.05) is 0 Å². The smallest absolute Gasteiger partial charge is 0.187 e. The number of nitrogens with zero attached hydrogens (tertiary/aromatic N) is 2. The maximum absolute atomic E-state index is 7.04. The highest BCUT2D eigenvalue weighted by atomic mass is 32.2. The molecule has 0 unspecified atom stereocenters. The highest BCUT2D eigenvalue weighted by Crippen LogP contribution is 2.13. The standard InChI is InChI=1S/C9H14N4S/c10-8(11)4-1-2-7-14-9-12-5-3-6-13-9/h3,5-6H,1-2,4,7H2,(H3,10,11). The summed E-state index contributed by atoms with van der Waals surface area (Å²) in [5.74, 6) is 1.25. The lowest BCUT2D eigenvalue weighted by Gasteiger charge is -1.99. The van der Waals surface area contributed by atoms with Crippen molar-refractivity contribution in [2.75, 3.05) is 5.75 Å². The van der Waals surface area contributed by atoms with Gasteiger partial charge in [0.1, 0.15) is 0 Å². The van der Waals surface area contributed by atoms with Gasteiger partial charge in [0.25, 0.3) is 0 Å². The molecule has 0 aliphatic rings. The molecule has 0 amide bonds. The van der Waals surface area contributed by atoms with Crippen molar-refractivity contribution in [1.82, 2.24) is 9.97 Å². The Balaban J connectivity index is 2.08. The highest BCUT2D eigenvalue weighted by molar-refractivity contribution is 7.99. The summed E-state index contributed by atoms with van der Waals surface area (Å²) in [6.45, 7) is 0. The summed E-state index contributed by atoms with van der Waals surface area (Å²) in [5, 5.41) is 7.86. The number of nitrogens with one attached hydrogen (secondary N) is 1. The van der Waals surface area contributed by atoms with Crippen molar-refractivity contribution in [3.8, 4) is 0 Å². The van der Waals surface area contributed by atoms with E-state index in [1.165, 1.54) is 0 Å². The number of nitrogens with two attached hydrogens (primary N) is 1. The van der Waals surface area contributed by atoms with Crippen molar-refractivity contribution in [1.29, 1.82) is 5.41 Å². The molecule has 5 heteroatoms. The van der Waals surface area contributed by atoms with Gasteiger partial charge in [0.2, 0.25) is 0 Å². The molecule has 0 radical (unpaired) electrons. The van der Waals surface area contributed by atoms with Crippen molar-refractivity contribution < 1.29 is 0 Å². The average molecular weight is 210 g/mol. The van der Waals surface area contributed by atoms with E-state index in [9.17, 15) is 0 Å². The minimum absolute atomic E-state index is 0.269. The molecule has 0 saturated carbocycles. The normalized spacial score (nSPS) is 10.0. The first-order chi connectivity index (χ1) is 6.79. The molecule has 76 valence electrons. The van der Waals surface area contributed by atoms with Crippen LogP contribution in [0.3, 0.4) is 0 Å². The zero-order valence-electron chi connectivity index (χ0n) is 7.94. The lowest BCUT2D eigenvalue weighted by atomic mass is 10.2. The summed E-state index contributed by atoms with van der Waals surface area (Å²) in [5.41, 5.74) is 5.24. The van der Waals surface area contributed by atoms with Crippen LogP contribution in [0.1, 0.15) is 19.3 Å². The van der Waals surface area contributed by atoms with E-state index in [0.29, 0.717) is 6.42 Å². The number of amidine groups is 1. The van der Waals surface area contributed by atoms with Crippen molar-refractivity contribution in [2.45, 2.75) is 24.4 Å². The van der Waals surface area contributed by atoms with Gasteiger partial charge in [-0.2, -0.15) is 0 Å². The number of rotatable bonds is 6. The second-order valence-corrected chi connectivity index (χ2v) is 3.92. The topological polar surface area (TPSA) is 75.7 Å². The average Bonchev–Trinajstić information content (AvgIpc) is 2.18. The van der Waals surface area contributed by atoms with Crippen LogP contribution in [0, 0.1) is 5.41 Å². The number of hydrogen-bond acceptors (Lipinski definition) is 4. The summed E-state index contributed by atoms with van der Waals surface area (Å²) in [6.07, 6.45) is 6.18. The molecule has 0 aromatic carbocycles. The molecule has 1 heterocycles. The Morgan fingerprint density at radius 2 is 2.07 bits per heavy atom. The number of thioether (sulfide) groups is 1. The van der Waals surface area contributed by atoms with E-state index in [1.54, 1.807) is 30.2 Å². The predicted octanol–water partition coefficient (Wildman–Crippen LogP) is 1.67. The third-order valence-corrected chi connectivity index (χ3v) is 2.58. The van der Waals surface area contributed by atoms with Crippen molar-refractivity contribution in [3.05, 3.63) is 18.5 Å². The fourth-order valence-corrected chi connectivity index (χ4v) is 1.74. The lowest BCUT2D eigenvalue weighted by Crippen LogP contribution is -2.08. The van der Waals surface area contributed by atoms with Crippen LogP contribution >= 0.6 is 11.8 Å². The van der Waals surface area contributed by atoms with E-state index < -0.39 is 0 Å². The van der Waals surface area contributed by atoms with Gasteiger partial charge in [0, 0.05) is 24.6 Å². The monoisotopic (exact) mass is 210 g/mol. The van der Waals surface area contributed by atoms with Crippen molar-refractivity contribution in [3.63, 3.8) is 0 Å². The summed E-state index contributed by atoms with van der Waals surface area (Å²) < 4.78 is 0. The summed E-state index contributed by atoms with van der Waals surface area (Å²) in [6, 6.07) is 1.81. The van der Waals surface area contributed by atoms with E-state index in [2.05, 4.69) is 9.97 Å². The lowest BCUT2D eigenvalue weighted by molar-refractivity contribution is 0.833. The second-order valence-electron chi connectivity index (χ2n) is 2.86. The SMILES string of the molecule is N=C(N)CCCCSc1ncccn1. The van der Waals surface area contributed by atoms with Crippen molar-refractivity contribution >= 4 is 17.6 Å². The summed E-state index contributed by atoms with van der Waals surface area (Å²) in [4.78, 5) is 8.19. The molecule has 3 N–H and O–H groups in total. The Kier molecular flexibility index (Phi) is 4.99. The van der Waals surface area contributed by atoms with Gasteiger partial charge in [-0.05, 0) is 18.9 Å². The molecular weight excluding hydrogens is 196 g/mol. The minimum atomic E-state index is 0.269. The van der Waals surface area contributed by atoms with Crippen LogP contribution < -0.4 is 5.73 Å². The first-order valence-electron chi connectivity index (χ1n) is 4.52. The predicted molar refractivity (Wildman–Crippen MR) is 58.5 cm³/mol. The number of aromatic nitrogens is 2. The Hall–Kier alpha value is -1.10. The molecule has 0 bridgehead atoms. The first-order valence-corrected chi connectivity index (χ1v) is 5.50. The summed E-state index contributed by atoms with van der Waals surface area (Å²) in [7, 11) is 0. The van der Waals surface area contributed by atoms with Crippen LogP contribution in [0.25, 0.3) is 0 Å². The largest absolute Gasteiger partial charge is 0.388 e. The van der Waals surface area contributed by atoms with Gasteiger partial charge >= 0.3 is 0 Å². The summed E-state index contributed by atoms with van der Waals surface area (Å²) >= 11 is 1.64. The molecule has 0 aliphatic heterocycles. The van der Waals surface area contributed by atoms with Gasteiger partial charge in [-0.25, -0.2) is 9.97 Å². The van der Waals surface area contributed by atoms with Crippen LogP contribution in [-0.2, 0) is 0 Å². The van der Waals surface area contributed by atoms with Gasteiger partial charge in [-0.3, -0.25) is 5.41 Å². The molecule has 14 heavy (non-hydrogen) atoms. The Labute approximate surface area is 87.8 Å². The zero-order valence-corrected chi connectivity index (χ0v) is 8.76. The molecule has 0 spiro atoms. The Morgan fingerprint density at radius 1 is 1.36 bits per heavy atom. The van der Waals surface area contributed by atoms with Gasteiger partial charge in [-0.15, -0.1) is 0 Å². The molecule has 1 rings (SSSR count). The van der Waals surface area contributed by atoms with Crippen LogP contribution in [-0.4, -0.2) is 21.6 Å². The third kappa shape index (κ3) is 4.81. The fraction of sp³-hybridized carbons (Fsp3) is 0.444. The van der Waals surface area contributed by atoms with Crippen molar-refractivity contribution in [2.24, 2.45) is 5.73 Å². The van der Waals surface area contributed by atoms with E-state index in [0.717, 1.165) is 23.8 Å². The second kappa shape index (κ2) is 6.37. The van der Waals surface area contributed by atoms with E-state index in [-0.39, 0.29) is 5.84 Å². The quantitative estimate of drug-likeness (QED) is 0.246. The fourth-order valence-electron chi connectivity index (χ4n) is 0.941. The zero-order chi connectivity index (χ0) is 10.2. The maximum atomic E-state index is 7.04. The van der Waals surface area contributed by atoms with E-state index >= 15 is 0 Å². The maximum Gasteiger partial charge on any atom is 0.187 e. The molecule has 1 aromatic rings. The van der Waals surface area contributed by atoms with Crippen LogP contribution in [0.5, 0.6) is 0 Å². The Bertz CT molecular complexity index is 275. The minimum Gasteiger partial charge on any atom is -0.388 e. The van der Waals surface area contributed by atoms with Gasteiger partial charge in [0.15, 0.2) is 5.16 Å². The first kappa shape index (κ1) is 11.0. The molecule has 0 fully saturated rings. The van der Waals surface area contributed by atoms with Gasteiger partial charge < -0.3 is 5.73 Å². The van der Waals surface area contributed by atoms with Gasteiger partial charge in [-0.1, -0.05) is 11.8 Å². The van der Waals surface area contributed by atoms with Crippen LogP contribution in [0.2, 0.25) is 0 Å². The molecule has 1 aromatic heterocycles. The van der Waals surface area contributed by atoms with Crippen LogP contribution in [0.4, 0.5) is 0 Å². The molecule has 0 saturated heterocycles. The van der Waals surface area contributed by atoms with Crippen LogP contribution in [0.15, 0.2) is 23.6 Å². The van der Waals surface area contributed by atoms with Gasteiger partial charge in [0.05, 0.1) is 5.84 Å². The third-order valence-electron chi connectivity index (χ3n) is 1.61. The highest BCUT2D eigenvalue weighted by Gasteiger charge is 1.96. The van der Waals surface area contributed by atoms with E-state index in [4.69, 9.17) is 11.1 Å². The molecule has 0 aliphatic carbocycles. The number of unbranched alkanes of at least 4 members (excludes halogenated alkanes) is 1. The number of hydrogen-bond donors (Lipinski definition) is 2. The Morgan fingerprint density at radius 3 is 2.71 bits per heavy atom.